The van der Waals surface area contributed by atoms with Gasteiger partial charge in [0, 0.05) is 17.4 Å². The Kier molecular flexibility index (Phi) is 2.61. The number of hydrogen-bond donors (Lipinski definition) is 0. The topological polar surface area (TPSA) is 39.4 Å². The standard InChI is InChI=1S/C18H14O3/c1-11-8-15-10-13(3-5-17(15)21-18(11)19)12-2-4-16-14(9-12)6-7-20-16/h2-5,8-10H,6-7H2,1H3. The Morgan fingerprint density at radius 3 is 2.71 bits per heavy atom. The van der Waals surface area contributed by atoms with E-state index in [0.717, 1.165) is 35.3 Å². The fourth-order valence-electron chi connectivity index (χ4n) is 2.77. The minimum Gasteiger partial charge on any atom is -0.493 e. The Hall–Kier alpha value is -2.55. The van der Waals surface area contributed by atoms with Crippen molar-refractivity contribution < 1.29 is 9.15 Å². The van der Waals surface area contributed by atoms with Gasteiger partial charge < -0.3 is 9.15 Å². The highest BCUT2D eigenvalue weighted by atomic mass is 16.5. The van der Waals surface area contributed by atoms with E-state index in [1.54, 1.807) is 6.92 Å². The van der Waals surface area contributed by atoms with Gasteiger partial charge in [0.2, 0.25) is 0 Å². The van der Waals surface area contributed by atoms with Crippen molar-refractivity contribution in [1.29, 1.82) is 0 Å². The van der Waals surface area contributed by atoms with E-state index in [4.69, 9.17) is 9.15 Å². The quantitative estimate of drug-likeness (QED) is 0.637. The van der Waals surface area contributed by atoms with Crippen LogP contribution in [0.3, 0.4) is 0 Å². The average Bonchev–Trinajstić information content (AvgIpc) is 2.95. The third-order valence-corrected chi connectivity index (χ3v) is 3.93. The molecule has 2 aromatic carbocycles. The van der Waals surface area contributed by atoms with Crippen molar-refractivity contribution in [2.45, 2.75) is 13.3 Å². The number of rotatable bonds is 1. The van der Waals surface area contributed by atoms with Crippen LogP contribution in [0.4, 0.5) is 0 Å². The summed E-state index contributed by atoms with van der Waals surface area (Å²) in [5.74, 6) is 0.987. The lowest BCUT2D eigenvalue weighted by Crippen LogP contribution is -2.01. The molecule has 3 aromatic rings. The first-order valence-corrected chi connectivity index (χ1v) is 7.01. The highest BCUT2D eigenvalue weighted by Crippen LogP contribution is 2.31. The summed E-state index contributed by atoms with van der Waals surface area (Å²) < 4.78 is 10.8. The zero-order chi connectivity index (χ0) is 14.4. The third-order valence-electron chi connectivity index (χ3n) is 3.93. The van der Waals surface area contributed by atoms with E-state index < -0.39 is 0 Å². The zero-order valence-electron chi connectivity index (χ0n) is 11.7. The molecule has 0 saturated heterocycles. The Bertz CT molecular complexity index is 906. The van der Waals surface area contributed by atoms with E-state index in [-0.39, 0.29) is 5.63 Å². The molecule has 1 aliphatic rings. The monoisotopic (exact) mass is 278 g/mol. The molecule has 0 N–H and O–H groups in total. The van der Waals surface area contributed by atoms with Gasteiger partial charge in [-0.15, -0.1) is 0 Å². The van der Waals surface area contributed by atoms with Crippen molar-refractivity contribution >= 4 is 11.0 Å². The van der Waals surface area contributed by atoms with Crippen LogP contribution in [-0.4, -0.2) is 6.61 Å². The summed E-state index contributed by atoms with van der Waals surface area (Å²) in [6, 6.07) is 14.0. The van der Waals surface area contributed by atoms with Crippen molar-refractivity contribution in [3.05, 3.63) is 64.0 Å². The Morgan fingerprint density at radius 1 is 1.00 bits per heavy atom. The van der Waals surface area contributed by atoms with E-state index in [1.165, 1.54) is 5.56 Å². The van der Waals surface area contributed by atoms with Crippen molar-refractivity contribution in [3.8, 4) is 16.9 Å². The van der Waals surface area contributed by atoms with E-state index in [0.29, 0.717) is 11.1 Å². The molecule has 0 saturated carbocycles. The number of aryl methyl sites for hydroxylation is 1. The molecule has 0 bridgehead atoms. The first kappa shape index (κ1) is 12.2. The van der Waals surface area contributed by atoms with Gasteiger partial charge in [0.15, 0.2) is 0 Å². The van der Waals surface area contributed by atoms with E-state index in [9.17, 15) is 4.79 Å². The molecular weight excluding hydrogens is 264 g/mol. The van der Waals surface area contributed by atoms with Crippen LogP contribution in [-0.2, 0) is 6.42 Å². The Labute approximate surface area is 121 Å². The maximum Gasteiger partial charge on any atom is 0.339 e. The van der Waals surface area contributed by atoms with Gasteiger partial charge in [0.05, 0.1) is 6.61 Å². The second-order valence-electron chi connectivity index (χ2n) is 5.39. The lowest BCUT2D eigenvalue weighted by atomic mass is 10.0. The summed E-state index contributed by atoms with van der Waals surface area (Å²) in [5, 5.41) is 0.946. The minimum absolute atomic E-state index is 0.273. The molecular formula is C18H14O3. The number of ether oxygens (including phenoxy) is 1. The van der Waals surface area contributed by atoms with E-state index in [2.05, 4.69) is 18.2 Å². The fourth-order valence-corrected chi connectivity index (χ4v) is 2.77. The maximum absolute atomic E-state index is 11.5. The molecule has 0 fully saturated rings. The molecule has 0 spiro atoms. The minimum atomic E-state index is -0.273. The summed E-state index contributed by atoms with van der Waals surface area (Å²) in [4.78, 5) is 11.5. The molecule has 0 radical (unpaired) electrons. The molecule has 21 heavy (non-hydrogen) atoms. The first-order valence-electron chi connectivity index (χ1n) is 7.01. The molecule has 0 atom stereocenters. The van der Waals surface area contributed by atoms with Crippen LogP contribution in [0.1, 0.15) is 11.1 Å². The Morgan fingerprint density at radius 2 is 1.81 bits per heavy atom. The molecule has 3 nitrogen and oxygen atoms in total. The van der Waals surface area contributed by atoms with Gasteiger partial charge >= 0.3 is 5.63 Å². The number of fused-ring (bicyclic) bond motifs is 2. The number of hydrogen-bond acceptors (Lipinski definition) is 3. The van der Waals surface area contributed by atoms with Crippen molar-refractivity contribution in [2.24, 2.45) is 0 Å². The van der Waals surface area contributed by atoms with Crippen LogP contribution in [0.15, 0.2) is 51.7 Å². The van der Waals surface area contributed by atoms with Crippen molar-refractivity contribution in [3.63, 3.8) is 0 Å². The molecule has 2 heterocycles. The highest BCUT2D eigenvalue weighted by molar-refractivity contribution is 5.83. The largest absolute Gasteiger partial charge is 0.493 e. The van der Waals surface area contributed by atoms with Gasteiger partial charge in [-0.25, -0.2) is 4.79 Å². The van der Waals surface area contributed by atoms with Crippen molar-refractivity contribution in [1.82, 2.24) is 0 Å². The molecule has 0 aliphatic carbocycles. The van der Waals surface area contributed by atoms with E-state index >= 15 is 0 Å². The fraction of sp³-hybridized carbons (Fsp3) is 0.167. The smallest absolute Gasteiger partial charge is 0.339 e. The van der Waals surface area contributed by atoms with Gasteiger partial charge in [-0.05, 0) is 53.9 Å². The maximum atomic E-state index is 11.5. The van der Waals surface area contributed by atoms with Crippen LogP contribution < -0.4 is 10.4 Å². The normalized spacial score (nSPS) is 13.2. The molecule has 3 heteroatoms. The molecule has 0 amide bonds. The molecule has 104 valence electrons. The summed E-state index contributed by atoms with van der Waals surface area (Å²) in [6.45, 7) is 2.53. The van der Waals surface area contributed by atoms with Crippen LogP contribution in [0.25, 0.3) is 22.1 Å². The highest BCUT2D eigenvalue weighted by Gasteiger charge is 2.13. The van der Waals surface area contributed by atoms with Gasteiger partial charge in [-0.2, -0.15) is 0 Å². The summed E-state index contributed by atoms with van der Waals surface area (Å²) in [6.07, 6.45) is 0.963. The first-order chi connectivity index (χ1) is 10.2. The summed E-state index contributed by atoms with van der Waals surface area (Å²) >= 11 is 0. The summed E-state index contributed by atoms with van der Waals surface area (Å²) in [7, 11) is 0. The van der Waals surface area contributed by atoms with Crippen LogP contribution in [0.5, 0.6) is 5.75 Å². The zero-order valence-corrected chi connectivity index (χ0v) is 11.7. The molecule has 1 aliphatic heterocycles. The van der Waals surface area contributed by atoms with Gasteiger partial charge in [0.1, 0.15) is 11.3 Å². The van der Waals surface area contributed by atoms with Crippen LogP contribution in [0, 0.1) is 6.92 Å². The predicted molar refractivity (Wildman–Crippen MR) is 81.9 cm³/mol. The summed E-state index contributed by atoms with van der Waals surface area (Å²) in [5.41, 5.74) is 4.50. The lowest BCUT2D eigenvalue weighted by molar-refractivity contribution is 0.357. The van der Waals surface area contributed by atoms with Crippen molar-refractivity contribution in [2.75, 3.05) is 6.61 Å². The molecule has 0 unspecified atom stereocenters. The predicted octanol–water partition coefficient (Wildman–Crippen LogP) is 3.70. The average molecular weight is 278 g/mol. The molecule has 1 aromatic heterocycles. The van der Waals surface area contributed by atoms with Gasteiger partial charge in [-0.3, -0.25) is 0 Å². The lowest BCUT2D eigenvalue weighted by Gasteiger charge is -2.06. The van der Waals surface area contributed by atoms with Gasteiger partial charge in [0.25, 0.3) is 0 Å². The molecule has 4 rings (SSSR count). The third kappa shape index (κ3) is 2.02. The van der Waals surface area contributed by atoms with Crippen LogP contribution >= 0.6 is 0 Å². The van der Waals surface area contributed by atoms with Gasteiger partial charge in [-0.1, -0.05) is 12.1 Å². The second-order valence-corrected chi connectivity index (χ2v) is 5.39. The Balaban J connectivity index is 1.87. The number of benzene rings is 2. The SMILES string of the molecule is Cc1cc2cc(-c3ccc4c(c3)CCO4)ccc2oc1=O. The van der Waals surface area contributed by atoms with E-state index in [1.807, 2.05) is 24.3 Å². The van der Waals surface area contributed by atoms with Crippen LogP contribution in [0.2, 0.25) is 0 Å². The second kappa shape index (κ2) is 4.48.